The Morgan fingerprint density at radius 3 is 2.83 bits per heavy atom. The van der Waals surface area contributed by atoms with Gasteiger partial charge in [0.1, 0.15) is 0 Å². The van der Waals surface area contributed by atoms with Crippen molar-refractivity contribution in [3.05, 3.63) is 66.0 Å². The molecule has 7 heteroatoms. The average molecular weight is 323 g/mol. The SMILES string of the molecule is COC(=O)c1nn(-c2ccc(C)nc2)cc1CNc1cccnc1. The van der Waals surface area contributed by atoms with E-state index in [-0.39, 0.29) is 5.69 Å². The molecule has 0 aliphatic heterocycles. The Balaban J connectivity index is 1.89. The number of ether oxygens (including phenoxy) is 1. The fraction of sp³-hybridized carbons (Fsp3) is 0.176. The second-order valence-corrected chi connectivity index (χ2v) is 5.19. The summed E-state index contributed by atoms with van der Waals surface area (Å²) in [6.07, 6.45) is 6.92. The minimum absolute atomic E-state index is 0.273. The van der Waals surface area contributed by atoms with Gasteiger partial charge in [0.2, 0.25) is 0 Å². The number of esters is 1. The van der Waals surface area contributed by atoms with Crippen molar-refractivity contribution in [2.45, 2.75) is 13.5 Å². The van der Waals surface area contributed by atoms with Crippen molar-refractivity contribution in [3.63, 3.8) is 0 Å². The van der Waals surface area contributed by atoms with E-state index in [4.69, 9.17) is 4.74 Å². The second-order valence-electron chi connectivity index (χ2n) is 5.19. The number of hydrogen-bond acceptors (Lipinski definition) is 6. The molecule has 0 saturated carbocycles. The molecule has 0 atom stereocenters. The summed E-state index contributed by atoms with van der Waals surface area (Å²) in [5.41, 5.74) is 3.55. The van der Waals surface area contributed by atoms with Crippen LogP contribution in [0.5, 0.6) is 0 Å². The summed E-state index contributed by atoms with van der Waals surface area (Å²) in [5, 5.41) is 7.55. The molecule has 3 heterocycles. The van der Waals surface area contributed by atoms with Crippen molar-refractivity contribution >= 4 is 11.7 Å². The number of anilines is 1. The summed E-state index contributed by atoms with van der Waals surface area (Å²) in [4.78, 5) is 20.3. The van der Waals surface area contributed by atoms with Crippen molar-refractivity contribution in [2.75, 3.05) is 12.4 Å². The van der Waals surface area contributed by atoms with Crippen molar-refractivity contribution in [1.29, 1.82) is 0 Å². The highest BCUT2D eigenvalue weighted by Crippen LogP contribution is 2.15. The molecule has 0 bridgehead atoms. The van der Waals surface area contributed by atoms with Gasteiger partial charge in [-0.05, 0) is 31.2 Å². The van der Waals surface area contributed by atoms with E-state index in [1.807, 2.05) is 31.2 Å². The maximum Gasteiger partial charge on any atom is 0.358 e. The minimum Gasteiger partial charge on any atom is -0.464 e. The highest BCUT2D eigenvalue weighted by Gasteiger charge is 2.18. The van der Waals surface area contributed by atoms with Crippen LogP contribution < -0.4 is 5.32 Å². The third kappa shape index (κ3) is 3.40. The predicted molar refractivity (Wildman–Crippen MR) is 89.0 cm³/mol. The molecule has 24 heavy (non-hydrogen) atoms. The van der Waals surface area contributed by atoms with Crippen molar-refractivity contribution in [2.24, 2.45) is 0 Å². The van der Waals surface area contributed by atoms with E-state index >= 15 is 0 Å². The molecule has 3 aromatic rings. The molecule has 3 rings (SSSR count). The molecular formula is C17H17N5O2. The normalized spacial score (nSPS) is 10.4. The number of carbonyl (C=O) groups excluding carboxylic acids is 1. The lowest BCUT2D eigenvalue weighted by Crippen LogP contribution is -2.08. The number of aryl methyl sites for hydroxylation is 1. The average Bonchev–Trinajstić information content (AvgIpc) is 3.05. The van der Waals surface area contributed by atoms with Gasteiger partial charge in [0.15, 0.2) is 5.69 Å². The number of rotatable bonds is 5. The standard InChI is InChI=1S/C17H17N5O2/c1-12-5-6-15(10-19-12)22-11-13(16(21-22)17(23)24-2)8-20-14-4-3-7-18-9-14/h3-7,9-11,20H,8H2,1-2H3. The van der Waals surface area contributed by atoms with Crippen LogP contribution in [0, 0.1) is 6.92 Å². The van der Waals surface area contributed by atoms with Gasteiger partial charge in [-0.1, -0.05) is 0 Å². The molecule has 0 aliphatic carbocycles. The Kier molecular flexibility index (Phi) is 4.51. The highest BCUT2D eigenvalue weighted by molar-refractivity contribution is 5.88. The van der Waals surface area contributed by atoms with Crippen LogP contribution in [-0.4, -0.2) is 32.8 Å². The molecular weight excluding hydrogens is 306 g/mol. The van der Waals surface area contributed by atoms with Gasteiger partial charge in [-0.25, -0.2) is 9.48 Å². The number of nitrogens with one attached hydrogen (secondary N) is 1. The Labute approximate surface area is 139 Å². The number of carbonyl (C=O) groups is 1. The molecule has 1 N–H and O–H groups in total. The first-order valence-electron chi connectivity index (χ1n) is 7.41. The summed E-state index contributed by atoms with van der Waals surface area (Å²) < 4.78 is 6.45. The van der Waals surface area contributed by atoms with Crippen LogP contribution in [-0.2, 0) is 11.3 Å². The third-order valence-corrected chi connectivity index (χ3v) is 3.47. The zero-order chi connectivity index (χ0) is 16.9. The van der Waals surface area contributed by atoms with E-state index in [9.17, 15) is 4.79 Å². The van der Waals surface area contributed by atoms with Crippen LogP contribution in [0.25, 0.3) is 5.69 Å². The van der Waals surface area contributed by atoms with Crippen molar-refractivity contribution in [3.8, 4) is 5.69 Å². The summed E-state index contributed by atoms with van der Waals surface area (Å²) in [5.74, 6) is -0.475. The molecule has 7 nitrogen and oxygen atoms in total. The lowest BCUT2D eigenvalue weighted by atomic mass is 10.2. The van der Waals surface area contributed by atoms with Crippen LogP contribution in [0.15, 0.2) is 49.1 Å². The van der Waals surface area contributed by atoms with Crippen LogP contribution in [0.1, 0.15) is 21.7 Å². The van der Waals surface area contributed by atoms with E-state index in [0.29, 0.717) is 6.54 Å². The lowest BCUT2D eigenvalue weighted by Gasteiger charge is -2.04. The second kappa shape index (κ2) is 6.91. The highest BCUT2D eigenvalue weighted by atomic mass is 16.5. The van der Waals surface area contributed by atoms with E-state index in [2.05, 4.69) is 20.4 Å². The first kappa shape index (κ1) is 15.7. The van der Waals surface area contributed by atoms with Gasteiger partial charge in [-0.15, -0.1) is 0 Å². The van der Waals surface area contributed by atoms with Gasteiger partial charge in [0.25, 0.3) is 0 Å². The van der Waals surface area contributed by atoms with Gasteiger partial charge in [-0.2, -0.15) is 5.10 Å². The zero-order valence-corrected chi connectivity index (χ0v) is 13.4. The number of methoxy groups -OCH3 is 1. The Morgan fingerprint density at radius 1 is 1.29 bits per heavy atom. The molecule has 0 fully saturated rings. The number of hydrogen-bond donors (Lipinski definition) is 1. The summed E-state index contributed by atoms with van der Waals surface area (Å²) in [7, 11) is 1.34. The lowest BCUT2D eigenvalue weighted by molar-refractivity contribution is 0.0592. The fourth-order valence-corrected chi connectivity index (χ4v) is 2.20. The minimum atomic E-state index is -0.475. The molecule has 0 aliphatic rings. The number of aromatic nitrogens is 4. The molecule has 0 unspecified atom stereocenters. The number of nitrogens with zero attached hydrogens (tertiary/aromatic N) is 4. The maximum absolute atomic E-state index is 12.0. The van der Waals surface area contributed by atoms with Gasteiger partial charge < -0.3 is 10.1 Å². The van der Waals surface area contributed by atoms with Gasteiger partial charge in [0.05, 0.1) is 24.7 Å². The molecule has 0 radical (unpaired) electrons. The van der Waals surface area contributed by atoms with E-state index < -0.39 is 5.97 Å². The molecule has 0 spiro atoms. The summed E-state index contributed by atoms with van der Waals surface area (Å²) in [6.45, 7) is 2.34. The van der Waals surface area contributed by atoms with Gasteiger partial charge >= 0.3 is 5.97 Å². The smallest absolute Gasteiger partial charge is 0.358 e. The molecule has 3 aromatic heterocycles. The fourth-order valence-electron chi connectivity index (χ4n) is 2.20. The first-order chi connectivity index (χ1) is 11.7. The van der Waals surface area contributed by atoms with Crippen LogP contribution in [0.2, 0.25) is 0 Å². The molecule has 0 aromatic carbocycles. The Hall–Kier alpha value is -3.22. The predicted octanol–water partition coefficient (Wildman–Crippen LogP) is 2.37. The topological polar surface area (TPSA) is 81.9 Å². The zero-order valence-electron chi connectivity index (χ0n) is 13.4. The number of pyridine rings is 2. The summed E-state index contributed by atoms with van der Waals surface area (Å²) in [6, 6.07) is 7.53. The van der Waals surface area contributed by atoms with E-state index in [1.165, 1.54) is 7.11 Å². The van der Waals surface area contributed by atoms with Crippen LogP contribution in [0.3, 0.4) is 0 Å². The van der Waals surface area contributed by atoms with Crippen molar-refractivity contribution < 1.29 is 9.53 Å². The van der Waals surface area contributed by atoms with Crippen LogP contribution in [0.4, 0.5) is 5.69 Å². The maximum atomic E-state index is 12.0. The first-order valence-corrected chi connectivity index (χ1v) is 7.41. The van der Waals surface area contributed by atoms with Gasteiger partial charge in [-0.3, -0.25) is 9.97 Å². The molecule has 0 amide bonds. The summed E-state index contributed by atoms with van der Waals surface area (Å²) >= 11 is 0. The van der Waals surface area contributed by atoms with Crippen LogP contribution >= 0.6 is 0 Å². The Morgan fingerprint density at radius 2 is 2.17 bits per heavy atom. The van der Waals surface area contributed by atoms with E-state index in [1.54, 1.807) is 29.5 Å². The van der Waals surface area contributed by atoms with E-state index in [0.717, 1.165) is 22.6 Å². The van der Waals surface area contributed by atoms with Gasteiger partial charge in [0, 0.05) is 36.4 Å². The van der Waals surface area contributed by atoms with Crippen molar-refractivity contribution in [1.82, 2.24) is 19.7 Å². The monoisotopic (exact) mass is 323 g/mol. The quantitative estimate of drug-likeness (QED) is 0.726. The largest absolute Gasteiger partial charge is 0.464 e. The molecule has 0 saturated heterocycles. The molecule has 122 valence electrons. The third-order valence-electron chi connectivity index (χ3n) is 3.47. The Bertz CT molecular complexity index is 828.